The Kier molecular flexibility index (Phi) is 3.29. The largest absolute Gasteiger partial charge is 0.399 e. The van der Waals surface area contributed by atoms with Gasteiger partial charge in [-0.25, -0.2) is 8.37 Å². The van der Waals surface area contributed by atoms with Crippen molar-refractivity contribution >= 4 is 10.4 Å². The van der Waals surface area contributed by atoms with Crippen LogP contribution in [0.3, 0.4) is 0 Å². The molecule has 0 bridgehead atoms. The molecule has 0 aromatic carbocycles. The molecule has 1 aliphatic rings. The first-order valence-electron chi connectivity index (χ1n) is 3.74. The molecule has 0 spiro atoms. The molecule has 0 unspecified atom stereocenters. The molecule has 0 atom stereocenters. The standard InChI is InChI=1S/C6H12O4S/c7-11(8)9-5-3-1-2-4-6-10-11/h1-6H2. The second-order valence-electron chi connectivity index (χ2n) is 2.47. The summed E-state index contributed by atoms with van der Waals surface area (Å²) in [5, 5.41) is 0. The second-order valence-corrected chi connectivity index (χ2v) is 3.75. The summed E-state index contributed by atoms with van der Waals surface area (Å²) in [5.74, 6) is 0. The lowest BCUT2D eigenvalue weighted by molar-refractivity contribution is 0.220. The maximum Gasteiger partial charge on any atom is 0.399 e. The summed E-state index contributed by atoms with van der Waals surface area (Å²) in [6.07, 6.45) is 3.61. The number of hydrogen-bond acceptors (Lipinski definition) is 4. The molecule has 1 rings (SSSR count). The van der Waals surface area contributed by atoms with Gasteiger partial charge in [0, 0.05) is 0 Å². The Hall–Kier alpha value is -0.130. The lowest BCUT2D eigenvalue weighted by Crippen LogP contribution is -2.10. The average molecular weight is 180 g/mol. The van der Waals surface area contributed by atoms with E-state index in [1.54, 1.807) is 0 Å². The molecule has 1 aliphatic heterocycles. The first kappa shape index (κ1) is 8.96. The minimum atomic E-state index is -3.67. The van der Waals surface area contributed by atoms with Crippen molar-refractivity contribution in [1.82, 2.24) is 0 Å². The number of rotatable bonds is 0. The molecule has 0 N–H and O–H groups in total. The first-order chi connectivity index (χ1) is 5.21. The fourth-order valence-corrected chi connectivity index (χ4v) is 1.63. The monoisotopic (exact) mass is 180 g/mol. The van der Waals surface area contributed by atoms with E-state index in [1.165, 1.54) is 0 Å². The van der Waals surface area contributed by atoms with Gasteiger partial charge in [-0.3, -0.25) is 0 Å². The van der Waals surface area contributed by atoms with Crippen molar-refractivity contribution < 1.29 is 16.8 Å². The first-order valence-corrected chi connectivity index (χ1v) is 5.08. The molecule has 11 heavy (non-hydrogen) atoms. The maximum atomic E-state index is 10.7. The predicted octanol–water partition coefficient (Wildman–Crippen LogP) is 0.838. The normalized spacial score (nSPS) is 26.5. The summed E-state index contributed by atoms with van der Waals surface area (Å²) in [7, 11) is -3.67. The minimum absolute atomic E-state index is 0.252. The van der Waals surface area contributed by atoms with Gasteiger partial charge in [0.25, 0.3) is 0 Å². The lowest BCUT2D eigenvalue weighted by atomic mass is 10.2. The van der Waals surface area contributed by atoms with E-state index in [1.807, 2.05) is 0 Å². The quantitative estimate of drug-likeness (QED) is 0.554. The van der Waals surface area contributed by atoms with Gasteiger partial charge in [0.05, 0.1) is 13.2 Å². The van der Waals surface area contributed by atoms with Crippen LogP contribution >= 0.6 is 0 Å². The third kappa shape index (κ3) is 3.69. The molecule has 1 saturated heterocycles. The summed E-state index contributed by atoms with van der Waals surface area (Å²) in [4.78, 5) is 0. The van der Waals surface area contributed by atoms with Crippen molar-refractivity contribution in [2.75, 3.05) is 13.2 Å². The van der Waals surface area contributed by atoms with Crippen LogP contribution < -0.4 is 0 Å². The van der Waals surface area contributed by atoms with Gasteiger partial charge in [-0.05, 0) is 12.8 Å². The van der Waals surface area contributed by atoms with Crippen LogP contribution in [0.2, 0.25) is 0 Å². The topological polar surface area (TPSA) is 52.6 Å². The van der Waals surface area contributed by atoms with Gasteiger partial charge >= 0.3 is 10.4 Å². The Bertz CT molecular complexity index is 181. The maximum absolute atomic E-state index is 10.7. The Morgan fingerprint density at radius 1 is 0.818 bits per heavy atom. The van der Waals surface area contributed by atoms with Crippen LogP contribution in [0.4, 0.5) is 0 Å². The van der Waals surface area contributed by atoms with E-state index < -0.39 is 10.4 Å². The van der Waals surface area contributed by atoms with Crippen molar-refractivity contribution in [3.8, 4) is 0 Å². The molecule has 1 fully saturated rings. The Labute approximate surface area is 66.8 Å². The molecule has 0 aromatic heterocycles. The summed E-state index contributed by atoms with van der Waals surface area (Å²) >= 11 is 0. The van der Waals surface area contributed by atoms with E-state index in [2.05, 4.69) is 8.37 Å². The SMILES string of the molecule is O=S1(=O)OCCCCCCO1. The van der Waals surface area contributed by atoms with Crippen molar-refractivity contribution in [2.45, 2.75) is 25.7 Å². The van der Waals surface area contributed by atoms with Gasteiger partial charge in [-0.1, -0.05) is 12.8 Å². The lowest BCUT2D eigenvalue weighted by Gasteiger charge is -2.00. The van der Waals surface area contributed by atoms with Crippen LogP contribution in [0.25, 0.3) is 0 Å². The Balaban J connectivity index is 2.44. The zero-order chi connectivity index (χ0) is 8.16. The van der Waals surface area contributed by atoms with Crippen LogP contribution in [-0.2, 0) is 18.8 Å². The molecule has 0 aliphatic carbocycles. The van der Waals surface area contributed by atoms with Gasteiger partial charge < -0.3 is 0 Å². The smallest absolute Gasteiger partial charge is 0.248 e. The van der Waals surface area contributed by atoms with E-state index in [4.69, 9.17) is 0 Å². The highest BCUT2D eigenvalue weighted by molar-refractivity contribution is 7.81. The fraction of sp³-hybridized carbons (Fsp3) is 1.00. The number of hydrogen-bond donors (Lipinski definition) is 0. The predicted molar refractivity (Wildman–Crippen MR) is 39.3 cm³/mol. The summed E-state index contributed by atoms with van der Waals surface area (Å²) in [5.41, 5.74) is 0. The third-order valence-corrected chi connectivity index (χ3v) is 2.40. The highest BCUT2D eigenvalue weighted by Crippen LogP contribution is 2.07. The van der Waals surface area contributed by atoms with Gasteiger partial charge in [0.1, 0.15) is 0 Å². The Morgan fingerprint density at radius 3 is 1.73 bits per heavy atom. The molecule has 0 amide bonds. The second kappa shape index (κ2) is 4.04. The molecule has 0 saturated carbocycles. The molecule has 0 aromatic rings. The zero-order valence-electron chi connectivity index (χ0n) is 6.28. The molecular formula is C6H12O4S. The van der Waals surface area contributed by atoms with E-state index in [0.717, 1.165) is 25.7 Å². The van der Waals surface area contributed by atoms with Gasteiger partial charge in [-0.15, -0.1) is 0 Å². The summed E-state index contributed by atoms with van der Waals surface area (Å²) in [6.45, 7) is 0.505. The van der Waals surface area contributed by atoms with Gasteiger partial charge in [0.15, 0.2) is 0 Å². The minimum Gasteiger partial charge on any atom is -0.248 e. The van der Waals surface area contributed by atoms with Crippen LogP contribution in [0.5, 0.6) is 0 Å². The van der Waals surface area contributed by atoms with Crippen molar-refractivity contribution in [2.24, 2.45) is 0 Å². The molecule has 1 heterocycles. The van der Waals surface area contributed by atoms with Crippen molar-refractivity contribution in [3.63, 3.8) is 0 Å². The third-order valence-electron chi connectivity index (χ3n) is 1.49. The van der Waals surface area contributed by atoms with Crippen molar-refractivity contribution in [3.05, 3.63) is 0 Å². The zero-order valence-corrected chi connectivity index (χ0v) is 7.10. The molecule has 4 nitrogen and oxygen atoms in total. The molecule has 5 heteroatoms. The average Bonchev–Trinajstić information content (AvgIpc) is 2.00. The highest BCUT2D eigenvalue weighted by Gasteiger charge is 2.12. The van der Waals surface area contributed by atoms with Gasteiger partial charge in [-0.2, -0.15) is 8.42 Å². The van der Waals surface area contributed by atoms with Crippen LogP contribution in [-0.4, -0.2) is 21.6 Å². The molecule has 0 radical (unpaired) electrons. The molecular weight excluding hydrogens is 168 g/mol. The molecule has 66 valence electrons. The van der Waals surface area contributed by atoms with Crippen LogP contribution in [0, 0.1) is 0 Å². The fourth-order valence-electron chi connectivity index (χ4n) is 0.914. The van der Waals surface area contributed by atoms with E-state index in [9.17, 15) is 8.42 Å². The van der Waals surface area contributed by atoms with E-state index in [0.29, 0.717) is 0 Å². The van der Waals surface area contributed by atoms with Crippen LogP contribution in [0.1, 0.15) is 25.7 Å². The van der Waals surface area contributed by atoms with Crippen molar-refractivity contribution in [1.29, 1.82) is 0 Å². The summed E-state index contributed by atoms with van der Waals surface area (Å²) < 4.78 is 30.5. The Morgan fingerprint density at radius 2 is 1.27 bits per heavy atom. The summed E-state index contributed by atoms with van der Waals surface area (Å²) in [6, 6.07) is 0. The van der Waals surface area contributed by atoms with Gasteiger partial charge in [0.2, 0.25) is 0 Å². The van der Waals surface area contributed by atoms with E-state index in [-0.39, 0.29) is 13.2 Å². The van der Waals surface area contributed by atoms with E-state index >= 15 is 0 Å². The highest BCUT2D eigenvalue weighted by atomic mass is 32.3. The van der Waals surface area contributed by atoms with Crippen LogP contribution in [0.15, 0.2) is 0 Å².